The summed E-state index contributed by atoms with van der Waals surface area (Å²) in [7, 11) is 0. The van der Waals surface area contributed by atoms with Gasteiger partial charge in [0.15, 0.2) is 0 Å². The predicted octanol–water partition coefficient (Wildman–Crippen LogP) is 6.14. The molecule has 1 aliphatic rings. The summed E-state index contributed by atoms with van der Waals surface area (Å²) in [5, 5.41) is 3.00. The van der Waals surface area contributed by atoms with E-state index in [1.54, 1.807) is 24.3 Å². The molecule has 3 aromatic rings. The second-order valence-electron chi connectivity index (χ2n) is 8.65. The Kier molecular flexibility index (Phi) is 8.08. The zero-order chi connectivity index (χ0) is 28.5. The molecule has 4 rings (SSSR count). The van der Waals surface area contributed by atoms with E-state index >= 15 is 0 Å². The maximum absolute atomic E-state index is 13.6. The molecule has 1 aliphatic heterocycles. The molecule has 0 bridgehead atoms. The zero-order valence-corrected chi connectivity index (χ0v) is 21.2. The summed E-state index contributed by atoms with van der Waals surface area (Å²) >= 11 is 12.6. The molecule has 1 aromatic carbocycles. The topological polar surface area (TPSA) is 75.2 Å². The minimum Gasteiger partial charge on any atom is -0.345 e. The first-order chi connectivity index (χ1) is 18.3. The van der Waals surface area contributed by atoms with Gasteiger partial charge in [-0.15, -0.1) is 0 Å². The van der Waals surface area contributed by atoms with Crippen LogP contribution in [0.3, 0.4) is 0 Å². The van der Waals surface area contributed by atoms with Crippen molar-refractivity contribution in [3.8, 4) is 0 Å². The second kappa shape index (κ2) is 11.0. The van der Waals surface area contributed by atoms with Crippen molar-refractivity contribution in [2.75, 3.05) is 6.54 Å². The molecule has 1 fully saturated rings. The number of carbonyl (C=O) groups excluding carboxylic acids is 2. The van der Waals surface area contributed by atoms with E-state index < -0.39 is 59.5 Å². The maximum Gasteiger partial charge on any atom is 0.418 e. The molecule has 6 nitrogen and oxygen atoms in total. The van der Waals surface area contributed by atoms with Gasteiger partial charge in [0.05, 0.1) is 45.4 Å². The lowest BCUT2D eigenvalue weighted by molar-refractivity contribution is -0.144. The van der Waals surface area contributed by atoms with E-state index in [4.69, 9.17) is 23.2 Å². The standard InChI is InChI=1S/C25H18Cl2F6N4O2/c26-16-5-3-4-14(21(16)27)22-17(36-23(39)18-6-1-2-8-34-18)7-9-37(22)20(38)11-19-15(25(31,32)33)10-13(12-35-19)24(28,29)30/h1-6,8,10,12,17,22H,7,9,11H2,(H,36,39)/t17-,22-/m1/s1. The van der Waals surface area contributed by atoms with Gasteiger partial charge >= 0.3 is 12.4 Å². The summed E-state index contributed by atoms with van der Waals surface area (Å²) in [5.41, 5.74) is -3.69. The first kappa shape index (κ1) is 28.6. The van der Waals surface area contributed by atoms with E-state index in [0.717, 1.165) is 0 Å². The van der Waals surface area contributed by atoms with Gasteiger partial charge in [0.25, 0.3) is 5.91 Å². The van der Waals surface area contributed by atoms with Gasteiger partial charge in [-0.1, -0.05) is 41.4 Å². The van der Waals surface area contributed by atoms with Gasteiger partial charge < -0.3 is 10.2 Å². The zero-order valence-electron chi connectivity index (χ0n) is 19.7. The Hall–Kier alpha value is -3.38. The fourth-order valence-electron chi connectivity index (χ4n) is 4.38. The van der Waals surface area contributed by atoms with Gasteiger partial charge in [0.1, 0.15) is 5.69 Å². The molecule has 2 atom stereocenters. The van der Waals surface area contributed by atoms with Crippen LogP contribution in [0, 0.1) is 0 Å². The Labute approximate surface area is 227 Å². The first-order valence-electron chi connectivity index (χ1n) is 11.4. The molecule has 0 spiro atoms. The molecule has 1 N–H and O–H groups in total. The van der Waals surface area contributed by atoms with Crippen molar-refractivity contribution in [2.24, 2.45) is 0 Å². The Morgan fingerprint density at radius 3 is 2.38 bits per heavy atom. The molecule has 0 saturated carbocycles. The summed E-state index contributed by atoms with van der Waals surface area (Å²) < 4.78 is 80.0. The number of amides is 2. The number of likely N-dealkylation sites (tertiary alicyclic amines) is 1. The number of alkyl halides is 6. The number of nitrogens with one attached hydrogen (secondary N) is 1. The van der Waals surface area contributed by atoms with Crippen molar-refractivity contribution in [1.29, 1.82) is 0 Å². The van der Waals surface area contributed by atoms with Crippen LogP contribution in [0.5, 0.6) is 0 Å². The number of benzene rings is 1. The van der Waals surface area contributed by atoms with Crippen LogP contribution < -0.4 is 5.32 Å². The summed E-state index contributed by atoms with van der Waals surface area (Å²) in [4.78, 5) is 34.7. The van der Waals surface area contributed by atoms with Crippen molar-refractivity contribution in [3.05, 3.63) is 93.0 Å². The molecule has 0 radical (unpaired) electrons. The molecule has 14 heteroatoms. The minimum atomic E-state index is -5.19. The highest BCUT2D eigenvalue weighted by molar-refractivity contribution is 6.42. The third-order valence-corrected chi connectivity index (χ3v) is 6.99. The highest BCUT2D eigenvalue weighted by Gasteiger charge is 2.43. The van der Waals surface area contributed by atoms with Gasteiger partial charge in [-0.3, -0.25) is 19.6 Å². The molecule has 39 heavy (non-hydrogen) atoms. The Balaban J connectivity index is 1.67. The van der Waals surface area contributed by atoms with Crippen molar-refractivity contribution < 1.29 is 35.9 Å². The van der Waals surface area contributed by atoms with Crippen LogP contribution in [0.4, 0.5) is 26.3 Å². The molecular formula is C25H18Cl2F6N4O2. The number of rotatable bonds is 5. The molecule has 2 aromatic heterocycles. The summed E-state index contributed by atoms with van der Waals surface area (Å²) in [6, 6.07) is 7.56. The number of aromatic nitrogens is 2. The predicted molar refractivity (Wildman–Crippen MR) is 129 cm³/mol. The highest BCUT2D eigenvalue weighted by Crippen LogP contribution is 2.40. The van der Waals surface area contributed by atoms with Gasteiger partial charge in [-0.05, 0) is 36.2 Å². The van der Waals surface area contributed by atoms with Crippen LogP contribution in [0.25, 0.3) is 0 Å². The summed E-state index contributed by atoms with van der Waals surface area (Å²) in [6.07, 6.45) is -9.32. The van der Waals surface area contributed by atoms with Crippen molar-refractivity contribution in [2.45, 2.75) is 37.3 Å². The molecule has 0 aliphatic carbocycles. The van der Waals surface area contributed by atoms with E-state index in [1.165, 1.54) is 23.2 Å². The van der Waals surface area contributed by atoms with Gasteiger partial charge in [-0.2, -0.15) is 26.3 Å². The number of pyridine rings is 2. The second-order valence-corrected chi connectivity index (χ2v) is 9.43. The maximum atomic E-state index is 13.6. The highest BCUT2D eigenvalue weighted by atomic mass is 35.5. The Bertz CT molecular complexity index is 1390. The van der Waals surface area contributed by atoms with Crippen LogP contribution in [-0.2, 0) is 23.6 Å². The molecule has 3 heterocycles. The molecule has 0 unspecified atom stereocenters. The van der Waals surface area contributed by atoms with E-state index in [2.05, 4.69) is 15.3 Å². The van der Waals surface area contributed by atoms with E-state index in [-0.39, 0.29) is 41.0 Å². The van der Waals surface area contributed by atoms with Crippen LogP contribution in [-0.4, -0.2) is 39.3 Å². The van der Waals surface area contributed by atoms with Crippen LogP contribution >= 0.6 is 23.2 Å². The largest absolute Gasteiger partial charge is 0.418 e. The Morgan fingerprint density at radius 2 is 1.74 bits per heavy atom. The van der Waals surface area contributed by atoms with Crippen LogP contribution in [0.2, 0.25) is 10.0 Å². The third kappa shape index (κ3) is 6.27. The third-order valence-electron chi connectivity index (χ3n) is 6.15. The van der Waals surface area contributed by atoms with E-state index in [9.17, 15) is 35.9 Å². The van der Waals surface area contributed by atoms with Crippen molar-refractivity contribution >= 4 is 35.0 Å². The summed E-state index contributed by atoms with van der Waals surface area (Å²) in [6.45, 7) is 0.00148. The first-order valence-corrected chi connectivity index (χ1v) is 12.1. The Morgan fingerprint density at radius 1 is 1.00 bits per heavy atom. The van der Waals surface area contributed by atoms with Crippen molar-refractivity contribution in [3.63, 3.8) is 0 Å². The average molecular weight is 591 g/mol. The molecule has 2 amide bonds. The van der Waals surface area contributed by atoms with Crippen molar-refractivity contribution in [1.82, 2.24) is 20.2 Å². The minimum absolute atomic E-state index is 0.00148. The van der Waals surface area contributed by atoms with Crippen LogP contribution in [0.15, 0.2) is 54.9 Å². The fourth-order valence-corrected chi connectivity index (χ4v) is 4.80. The molecule has 1 saturated heterocycles. The van der Waals surface area contributed by atoms with Gasteiger partial charge in [0, 0.05) is 18.9 Å². The fraction of sp³-hybridized carbons (Fsp3) is 0.280. The lowest BCUT2D eigenvalue weighted by Gasteiger charge is -2.30. The number of hydrogen-bond donors (Lipinski definition) is 1. The normalized spacial score (nSPS) is 17.8. The number of halogens is 8. The van der Waals surface area contributed by atoms with E-state index in [1.807, 2.05) is 0 Å². The number of hydrogen-bond acceptors (Lipinski definition) is 4. The van der Waals surface area contributed by atoms with Gasteiger partial charge in [0.2, 0.25) is 5.91 Å². The quantitative estimate of drug-likeness (QED) is 0.362. The van der Waals surface area contributed by atoms with Gasteiger partial charge in [-0.25, -0.2) is 0 Å². The van der Waals surface area contributed by atoms with E-state index in [0.29, 0.717) is 5.56 Å². The molecular weight excluding hydrogens is 573 g/mol. The number of carbonyl (C=O) groups is 2. The van der Waals surface area contributed by atoms with Crippen LogP contribution in [0.1, 0.15) is 45.3 Å². The lowest BCUT2D eigenvalue weighted by atomic mass is 9.99. The summed E-state index contributed by atoms with van der Waals surface area (Å²) in [5.74, 6) is -1.41. The lowest BCUT2D eigenvalue weighted by Crippen LogP contribution is -2.42. The number of nitrogens with zero attached hydrogens (tertiary/aromatic N) is 3. The smallest absolute Gasteiger partial charge is 0.345 e. The SMILES string of the molecule is O=C(N[C@@H]1CCN(C(=O)Cc2ncc(C(F)(F)F)cc2C(F)(F)F)[C@@H]1c1cccc(Cl)c1Cl)c1ccccn1. The molecule has 206 valence electrons. The monoisotopic (exact) mass is 590 g/mol. The average Bonchev–Trinajstić information content (AvgIpc) is 3.28.